The van der Waals surface area contributed by atoms with Gasteiger partial charge in [-0.15, -0.1) is 0 Å². The second-order valence-electron chi connectivity index (χ2n) is 4.24. The van der Waals surface area contributed by atoms with E-state index in [1.807, 2.05) is 0 Å². The van der Waals surface area contributed by atoms with Crippen molar-refractivity contribution in [2.24, 2.45) is 10.8 Å². The van der Waals surface area contributed by atoms with Crippen molar-refractivity contribution in [1.82, 2.24) is 10.4 Å². The molecule has 2 amide bonds. The lowest BCUT2D eigenvalue weighted by atomic mass is 10.2. The van der Waals surface area contributed by atoms with E-state index in [-0.39, 0.29) is 12.3 Å². The maximum atomic E-state index is 11.7. The maximum Gasteiger partial charge on any atom is 0.289 e. The Morgan fingerprint density at radius 2 is 2.00 bits per heavy atom. The van der Waals surface area contributed by atoms with Gasteiger partial charge in [0, 0.05) is 6.20 Å². The SMILES string of the molecule is NC(=O)COc1ccc(/C=N/NC(=O)c2ccccn2)cc1. The molecule has 0 radical (unpaired) electrons. The Morgan fingerprint density at radius 1 is 1.23 bits per heavy atom. The number of hydrazone groups is 1. The van der Waals surface area contributed by atoms with Crippen LogP contribution in [0.15, 0.2) is 53.8 Å². The average Bonchev–Trinajstić information content (AvgIpc) is 2.55. The summed E-state index contributed by atoms with van der Waals surface area (Å²) in [6.45, 7) is -0.173. The monoisotopic (exact) mass is 298 g/mol. The summed E-state index contributed by atoms with van der Waals surface area (Å²) in [5.74, 6) is -0.408. The molecule has 0 unspecified atom stereocenters. The lowest BCUT2D eigenvalue weighted by Crippen LogP contribution is -2.20. The van der Waals surface area contributed by atoms with Crippen LogP contribution in [0.4, 0.5) is 0 Å². The molecule has 0 aliphatic heterocycles. The van der Waals surface area contributed by atoms with Gasteiger partial charge in [-0.1, -0.05) is 6.07 Å². The minimum Gasteiger partial charge on any atom is -0.484 e. The number of nitrogens with one attached hydrogen (secondary N) is 1. The number of hydrogen-bond acceptors (Lipinski definition) is 5. The molecular weight excluding hydrogens is 284 g/mol. The van der Waals surface area contributed by atoms with Crippen LogP contribution in [0.3, 0.4) is 0 Å². The summed E-state index contributed by atoms with van der Waals surface area (Å²) in [5.41, 5.74) is 8.40. The molecule has 0 saturated heterocycles. The van der Waals surface area contributed by atoms with Gasteiger partial charge in [0.25, 0.3) is 11.8 Å². The van der Waals surface area contributed by atoms with E-state index in [2.05, 4.69) is 15.5 Å². The van der Waals surface area contributed by atoms with E-state index in [9.17, 15) is 9.59 Å². The zero-order valence-electron chi connectivity index (χ0n) is 11.6. The number of aromatic nitrogens is 1. The first-order chi connectivity index (χ1) is 10.6. The van der Waals surface area contributed by atoms with Crippen molar-refractivity contribution in [2.75, 3.05) is 6.61 Å². The smallest absolute Gasteiger partial charge is 0.289 e. The molecule has 0 bridgehead atoms. The quantitative estimate of drug-likeness (QED) is 0.605. The molecule has 7 heteroatoms. The lowest BCUT2D eigenvalue weighted by Gasteiger charge is -2.03. The van der Waals surface area contributed by atoms with Gasteiger partial charge in [-0.05, 0) is 42.0 Å². The fourth-order valence-corrected chi connectivity index (χ4v) is 1.52. The van der Waals surface area contributed by atoms with E-state index in [4.69, 9.17) is 10.5 Å². The molecule has 1 heterocycles. The van der Waals surface area contributed by atoms with Crippen LogP contribution in [0.2, 0.25) is 0 Å². The Labute approximate surface area is 126 Å². The van der Waals surface area contributed by atoms with Crippen LogP contribution in [0.1, 0.15) is 16.1 Å². The number of benzene rings is 1. The average molecular weight is 298 g/mol. The number of hydrogen-bond donors (Lipinski definition) is 2. The third-order valence-electron chi connectivity index (χ3n) is 2.54. The third kappa shape index (κ3) is 4.71. The highest BCUT2D eigenvalue weighted by molar-refractivity contribution is 5.93. The predicted molar refractivity (Wildman–Crippen MR) is 80.4 cm³/mol. The Balaban J connectivity index is 1.88. The molecule has 0 saturated carbocycles. The first-order valence-corrected chi connectivity index (χ1v) is 6.41. The number of nitrogens with two attached hydrogens (primary N) is 1. The second-order valence-corrected chi connectivity index (χ2v) is 4.24. The van der Waals surface area contributed by atoms with Crippen LogP contribution in [-0.4, -0.2) is 29.6 Å². The molecule has 2 rings (SSSR count). The van der Waals surface area contributed by atoms with Crippen molar-refractivity contribution in [2.45, 2.75) is 0 Å². The van der Waals surface area contributed by atoms with E-state index < -0.39 is 11.8 Å². The summed E-state index contributed by atoms with van der Waals surface area (Å²) in [7, 11) is 0. The summed E-state index contributed by atoms with van der Waals surface area (Å²) in [6, 6.07) is 11.8. The molecule has 7 nitrogen and oxygen atoms in total. The summed E-state index contributed by atoms with van der Waals surface area (Å²) in [5, 5.41) is 3.84. The number of pyridine rings is 1. The molecule has 1 aromatic carbocycles. The summed E-state index contributed by atoms with van der Waals surface area (Å²) < 4.78 is 5.13. The molecule has 0 aliphatic rings. The van der Waals surface area contributed by atoms with Crippen LogP contribution >= 0.6 is 0 Å². The highest BCUT2D eigenvalue weighted by Crippen LogP contribution is 2.10. The normalized spacial score (nSPS) is 10.4. The van der Waals surface area contributed by atoms with Crippen molar-refractivity contribution in [1.29, 1.82) is 0 Å². The van der Waals surface area contributed by atoms with Gasteiger partial charge in [-0.2, -0.15) is 5.10 Å². The number of rotatable bonds is 6. The van der Waals surface area contributed by atoms with Crippen LogP contribution < -0.4 is 15.9 Å². The van der Waals surface area contributed by atoms with Gasteiger partial charge >= 0.3 is 0 Å². The zero-order valence-corrected chi connectivity index (χ0v) is 11.6. The predicted octanol–water partition coefficient (Wildman–Crippen LogP) is 0.710. The highest BCUT2D eigenvalue weighted by atomic mass is 16.5. The Bertz CT molecular complexity index is 669. The van der Waals surface area contributed by atoms with Crippen LogP contribution in [-0.2, 0) is 4.79 Å². The van der Waals surface area contributed by atoms with Gasteiger partial charge in [-0.3, -0.25) is 14.6 Å². The number of amides is 2. The molecule has 22 heavy (non-hydrogen) atoms. The van der Waals surface area contributed by atoms with E-state index in [1.165, 1.54) is 12.4 Å². The molecule has 0 spiro atoms. The topological polar surface area (TPSA) is 107 Å². The summed E-state index contributed by atoms with van der Waals surface area (Å²) in [6.07, 6.45) is 3.02. The minimum absolute atomic E-state index is 0.173. The first kappa shape index (κ1) is 15.2. The Kier molecular flexibility index (Phi) is 5.20. The third-order valence-corrected chi connectivity index (χ3v) is 2.54. The number of primary amides is 1. The lowest BCUT2D eigenvalue weighted by molar-refractivity contribution is -0.119. The first-order valence-electron chi connectivity index (χ1n) is 6.41. The molecule has 1 aromatic heterocycles. The van der Waals surface area contributed by atoms with Crippen molar-refractivity contribution >= 4 is 18.0 Å². The van der Waals surface area contributed by atoms with Crippen molar-refractivity contribution in [3.63, 3.8) is 0 Å². The molecular formula is C15H14N4O3. The second kappa shape index (κ2) is 7.53. The molecule has 2 aromatic rings. The molecule has 3 N–H and O–H groups in total. The molecule has 112 valence electrons. The van der Waals surface area contributed by atoms with Gasteiger partial charge in [0.05, 0.1) is 6.21 Å². The zero-order chi connectivity index (χ0) is 15.8. The van der Waals surface area contributed by atoms with E-state index in [0.29, 0.717) is 5.75 Å². The van der Waals surface area contributed by atoms with Gasteiger partial charge in [0.2, 0.25) is 0 Å². The summed E-state index contributed by atoms with van der Waals surface area (Å²) >= 11 is 0. The van der Waals surface area contributed by atoms with Crippen LogP contribution in [0.5, 0.6) is 5.75 Å². The van der Waals surface area contributed by atoms with Gasteiger partial charge < -0.3 is 10.5 Å². The molecule has 0 aliphatic carbocycles. The minimum atomic E-state index is -0.539. The van der Waals surface area contributed by atoms with E-state index in [0.717, 1.165) is 5.56 Å². The highest BCUT2D eigenvalue weighted by Gasteiger charge is 2.03. The maximum absolute atomic E-state index is 11.7. The van der Waals surface area contributed by atoms with Crippen LogP contribution in [0.25, 0.3) is 0 Å². The fourth-order valence-electron chi connectivity index (χ4n) is 1.52. The Hall–Kier alpha value is -3.22. The Morgan fingerprint density at radius 3 is 2.64 bits per heavy atom. The number of carbonyl (C=O) groups excluding carboxylic acids is 2. The van der Waals surface area contributed by atoms with E-state index >= 15 is 0 Å². The van der Waals surface area contributed by atoms with Gasteiger partial charge in [0.15, 0.2) is 6.61 Å². The number of carbonyl (C=O) groups is 2. The van der Waals surface area contributed by atoms with Crippen molar-refractivity contribution in [3.05, 3.63) is 59.9 Å². The largest absolute Gasteiger partial charge is 0.484 e. The van der Waals surface area contributed by atoms with E-state index in [1.54, 1.807) is 42.5 Å². The van der Waals surface area contributed by atoms with Gasteiger partial charge in [0.1, 0.15) is 11.4 Å². The molecule has 0 atom stereocenters. The molecule has 0 fully saturated rings. The standard InChI is InChI=1S/C15H14N4O3/c16-14(20)10-22-12-6-4-11(5-7-12)9-18-19-15(21)13-3-1-2-8-17-13/h1-9H,10H2,(H2,16,20)(H,19,21)/b18-9+. The number of nitrogens with zero attached hydrogens (tertiary/aromatic N) is 2. The van der Waals surface area contributed by atoms with Gasteiger partial charge in [-0.25, -0.2) is 5.43 Å². The summed E-state index contributed by atoms with van der Waals surface area (Å²) in [4.78, 5) is 26.2. The van der Waals surface area contributed by atoms with Crippen molar-refractivity contribution in [3.8, 4) is 5.75 Å². The van der Waals surface area contributed by atoms with Crippen LogP contribution in [0, 0.1) is 0 Å². The van der Waals surface area contributed by atoms with Crippen molar-refractivity contribution < 1.29 is 14.3 Å². The fraction of sp³-hybridized carbons (Fsp3) is 0.0667. The number of ether oxygens (including phenoxy) is 1.